The zero-order chi connectivity index (χ0) is 19.3. The van der Waals surface area contributed by atoms with Gasteiger partial charge in [-0.25, -0.2) is 9.37 Å². The van der Waals surface area contributed by atoms with Crippen molar-refractivity contribution in [2.45, 2.75) is 11.3 Å². The minimum absolute atomic E-state index is 0.0499. The van der Waals surface area contributed by atoms with Gasteiger partial charge in [0.2, 0.25) is 5.91 Å². The van der Waals surface area contributed by atoms with Crippen LogP contribution in [0.4, 0.5) is 10.1 Å². The molecule has 3 aromatic carbocycles. The van der Waals surface area contributed by atoms with Gasteiger partial charge < -0.3 is 10.3 Å². The lowest BCUT2D eigenvalue weighted by Crippen LogP contribution is -2.12. The number of amides is 1. The average molecular weight is 391 g/mol. The highest BCUT2D eigenvalue weighted by Gasteiger charge is 2.07. The minimum Gasteiger partial charge on any atom is -0.338 e. The first-order chi connectivity index (χ1) is 13.7. The number of para-hydroxylation sites is 2. The van der Waals surface area contributed by atoms with Crippen LogP contribution >= 0.6 is 11.8 Å². The van der Waals surface area contributed by atoms with E-state index in [9.17, 15) is 9.18 Å². The van der Waals surface area contributed by atoms with Crippen molar-refractivity contribution in [3.8, 4) is 11.4 Å². The Balaban J connectivity index is 1.32. The van der Waals surface area contributed by atoms with Crippen molar-refractivity contribution in [1.82, 2.24) is 9.97 Å². The van der Waals surface area contributed by atoms with Crippen molar-refractivity contribution in [3.63, 3.8) is 0 Å². The lowest BCUT2D eigenvalue weighted by molar-refractivity contribution is -0.115. The number of thioether (sulfide) groups is 1. The molecule has 28 heavy (non-hydrogen) atoms. The number of imidazole rings is 1. The SMILES string of the molecule is O=C(CCSc1ccc(F)cc1)Nc1ccc(-c2nc3ccccc3[nH]2)cc1. The number of aromatic amines is 1. The van der Waals surface area contributed by atoms with Gasteiger partial charge in [-0.05, 0) is 60.7 Å². The second-order valence-electron chi connectivity index (χ2n) is 6.28. The van der Waals surface area contributed by atoms with Crippen LogP contribution in [0, 0.1) is 5.82 Å². The van der Waals surface area contributed by atoms with Crippen LogP contribution in [0.3, 0.4) is 0 Å². The number of anilines is 1. The summed E-state index contributed by atoms with van der Waals surface area (Å²) in [5.74, 6) is 1.13. The van der Waals surface area contributed by atoms with E-state index in [0.717, 1.165) is 33.0 Å². The Hall–Kier alpha value is -3.12. The fourth-order valence-electron chi connectivity index (χ4n) is 2.82. The summed E-state index contributed by atoms with van der Waals surface area (Å²) in [7, 11) is 0. The monoisotopic (exact) mass is 391 g/mol. The maximum atomic E-state index is 12.9. The number of hydrogen-bond donors (Lipinski definition) is 2. The molecular weight excluding hydrogens is 373 g/mol. The van der Waals surface area contributed by atoms with Crippen LogP contribution in [-0.4, -0.2) is 21.6 Å². The predicted octanol–water partition coefficient (Wildman–Crippen LogP) is 5.49. The topological polar surface area (TPSA) is 57.8 Å². The molecule has 2 N–H and O–H groups in total. The molecular formula is C22H18FN3OS. The third-order valence-electron chi connectivity index (χ3n) is 4.24. The zero-order valence-corrected chi connectivity index (χ0v) is 15.8. The fraction of sp³-hybridized carbons (Fsp3) is 0.0909. The summed E-state index contributed by atoms with van der Waals surface area (Å²) >= 11 is 1.53. The highest BCUT2D eigenvalue weighted by Crippen LogP contribution is 2.23. The molecule has 1 amide bonds. The van der Waals surface area contributed by atoms with Crippen LogP contribution in [0.1, 0.15) is 6.42 Å². The number of H-pyrrole nitrogens is 1. The van der Waals surface area contributed by atoms with Crippen molar-refractivity contribution in [2.24, 2.45) is 0 Å². The fourth-order valence-corrected chi connectivity index (χ4v) is 3.67. The second-order valence-corrected chi connectivity index (χ2v) is 7.45. The zero-order valence-electron chi connectivity index (χ0n) is 15.0. The number of nitrogens with one attached hydrogen (secondary N) is 2. The summed E-state index contributed by atoms with van der Waals surface area (Å²) in [6.07, 6.45) is 0.382. The second kappa shape index (κ2) is 8.27. The molecule has 6 heteroatoms. The third-order valence-corrected chi connectivity index (χ3v) is 5.26. The molecule has 4 aromatic rings. The Labute approximate surface area is 166 Å². The number of carbonyl (C=O) groups is 1. The number of aromatic nitrogens is 2. The van der Waals surface area contributed by atoms with Crippen molar-refractivity contribution >= 4 is 34.4 Å². The maximum Gasteiger partial charge on any atom is 0.225 e. The lowest BCUT2D eigenvalue weighted by Gasteiger charge is -2.06. The molecule has 0 bridgehead atoms. The Morgan fingerprint density at radius 1 is 1.00 bits per heavy atom. The number of fused-ring (bicyclic) bond motifs is 1. The highest BCUT2D eigenvalue weighted by atomic mass is 32.2. The largest absolute Gasteiger partial charge is 0.338 e. The normalized spacial score (nSPS) is 10.9. The van der Waals surface area contributed by atoms with Gasteiger partial charge in [0, 0.05) is 28.3 Å². The van der Waals surface area contributed by atoms with Gasteiger partial charge in [-0.3, -0.25) is 4.79 Å². The lowest BCUT2D eigenvalue weighted by atomic mass is 10.2. The molecule has 4 rings (SSSR count). The van der Waals surface area contributed by atoms with Gasteiger partial charge in [0.05, 0.1) is 11.0 Å². The van der Waals surface area contributed by atoms with Crippen LogP contribution in [0.5, 0.6) is 0 Å². The highest BCUT2D eigenvalue weighted by molar-refractivity contribution is 7.99. The summed E-state index contributed by atoms with van der Waals surface area (Å²) in [6.45, 7) is 0. The standard InChI is InChI=1S/C22H18FN3OS/c23-16-7-11-18(12-8-16)28-14-13-21(27)24-17-9-5-15(6-10-17)22-25-19-3-1-2-4-20(19)26-22/h1-12H,13-14H2,(H,24,27)(H,25,26). The van der Waals surface area contributed by atoms with E-state index in [1.54, 1.807) is 12.1 Å². The van der Waals surface area contributed by atoms with Crippen molar-refractivity contribution in [2.75, 3.05) is 11.1 Å². The summed E-state index contributed by atoms with van der Waals surface area (Å²) in [5, 5.41) is 2.90. The number of halogens is 1. The Bertz CT molecular complexity index is 1060. The minimum atomic E-state index is -0.256. The van der Waals surface area contributed by atoms with Gasteiger partial charge in [-0.1, -0.05) is 12.1 Å². The van der Waals surface area contributed by atoms with Gasteiger partial charge in [0.15, 0.2) is 0 Å². The number of benzene rings is 3. The van der Waals surface area contributed by atoms with E-state index in [0.29, 0.717) is 12.2 Å². The molecule has 0 unspecified atom stereocenters. The molecule has 0 saturated carbocycles. The molecule has 1 heterocycles. The molecule has 4 nitrogen and oxygen atoms in total. The Morgan fingerprint density at radius 3 is 2.50 bits per heavy atom. The Kier molecular flexibility index (Phi) is 5.39. The first-order valence-corrected chi connectivity index (χ1v) is 9.89. The first kappa shape index (κ1) is 18.3. The summed E-state index contributed by atoms with van der Waals surface area (Å²) in [6, 6.07) is 21.8. The van der Waals surface area contributed by atoms with Crippen LogP contribution in [0.15, 0.2) is 77.7 Å². The quantitative estimate of drug-likeness (QED) is 0.427. The van der Waals surface area contributed by atoms with Gasteiger partial charge in [0.1, 0.15) is 11.6 Å². The molecule has 0 radical (unpaired) electrons. The van der Waals surface area contributed by atoms with E-state index in [-0.39, 0.29) is 11.7 Å². The molecule has 0 aliphatic rings. The van der Waals surface area contributed by atoms with E-state index in [2.05, 4.69) is 15.3 Å². The van der Waals surface area contributed by atoms with Crippen LogP contribution in [-0.2, 0) is 4.79 Å². The number of hydrogen-bond acceptors (Lipinski definition) is 3. The van der Waals surface area contributed by atoms with E-state index in [4.69, 9.17) is 0 Å². The van der Waals surface area contributed by atoms with Gasteiger partial charge >= 0.3 is 0 Å². The van der Waals surface area contributed by atoms with E-state index in [1.807, 2.05) is 48.5 Å². The Morgan fingerprint density at radius 2 is 1.75 bits per heavy atom. The van der Waals surface area contributed by atoms with Crippen molar-refractivity contribution < 1.29 is 9.18 Å². The molecule has 0 atom stereocenters. The van der Waals surface area contributed by atoms with Gasteiger partial charge in [0.25, 0.3) is 0 Å². The molecule has 140 valence electrons. The average Bonchev–Trinajstić information content (AvgIpc) is 3.14. The van der Waals surface area contributed by atoms with Crippen molar-refractivity contribution in [3.05, 3.63) is 78.6 Å². The molecule has 0 spiro atoms. The smallest absolute Gasteiger partial charge is 0.225 e. The molecule has 0 saturated heterocycles. The van der Waals surface area contributed by atoms with Crippen LogP contribution in [0.25, 0.3) is 22.4 Å². The number of nitrogens with zero attached hydrogens (tertiary/aromatic N) is 1. The summed E-state index contributed by atoms with van der Waals surface area (Å²) in [4.78, 5) is 20.9. The third kappa shape index (κ3) is 4.40. The molecule has 0 aliphatic carbocycles. The summed E-state index contributed by atoms with van der Waals surface area (Å²) in [5.41, 5.74) is 3.62. The predicted molar refractivity (Wildman–Crippen MR) is 112 cm³/mol. The maximum absolute atomic E-state index is 12.9. The van der Waals surface area contributed by atoms with Gasteiger partial charge in [-0.15, -0.1) is 11.8 Å². The molecule has 0 aliphatic heterocycles. The van der Waals surface area contributed by atoms with E-state index in [1.165, 1.54) is 23.9 Å². The van der Waals surface area contributed by atoms with Gasteiger partial charge in [-0.2, -0.15) is 0 Å². The first-order valence-electron chi connectivity index (χ1n) is 8.91. The van der Waals surface area contributed by atoms with Crippen LogP contribution < -0.4 is 5.32 Å². The molecule has 0 fully saturated rings. The van der Waals surface area contributed by atoms with E-state index >= 15 is 0 Å². The molecule has 1 aromatic heterocycles. The van der Waals surface area contributed by atoms with Crippen molar-refractivity contribution in [1.29, 1.82) is 0 Å². The summed E-state index contributed by atoms with van der Waals surface area (Å²) < 4.78 is 12.9. The van der Waals surface area contributed by atoms with Crippen LogP contribution in [0.2, 0.25) is 0 Å². The van der Waals surface area contributed by atoms with E-state index < -0.39 is 0 Å². The number of rotatable bonds is 6. The number of carbonyl (C=O) groups excluding carboxylic acids is 1.